The van der Waals surface area contributed by atoms with Gasteiger partial charge in [0.1, 0.15) is 5.69 Å². The van der Waals surface area contributed by atoms with Crippen molar-refractivity contribution in [3.05, 3.63) is 27.8 Å². The van der Waals surface area contributed by atoms with Crippen LogP contribution in [0, 0.1) is 0 Å². The monoisotopic (exact) mass is 291 g/mol. The van der Waals surface area contributed by atoms with Crippen molar-refractivity contribution in [1.29, 1.82) is 0 Å². The lowest BCUT2D eigenvalue weighted by molar-refractivity contribution is -0.0379. The third-order valence-electron chi connectivity index (χ3n) is 3.50. The van der Waals surface area contributed by atoms with Gasteiger partial charge in [-0.05, 0) is 13.0 Å². The summed E-state index contributed by atoms with van der Waals surface area (Å²) in [6.45, 7) is 2.23. The Labute approximate surface area is 118 Å². The first kappa shape index (κ1) is 13.3. The van der Waals surface area contributed by atoms with Crippen molar-refractivity contribution in [3.63, 3.8) is 0 Å². The number of hydrogen-bond donors (Lipinski definition) is 3. The molecule has 2 aromatic rings. The van der Waals surface area contributed by atoms with E-state index in [0.717, 1.165) is 7.05 Å². The molecule has 0 fully saturated rings. The van der Waals surface area contributed by atoms with Gasteiger partial charge >= 0.3 is 0 Å². The summed E-state index contributed by atoms with van der Waals surface area (Å²) < 4.78 is 1.60. The van der Waals surface area contributed by atoms with Gasteiger partial charge in [0.05, 0.1) is 10.9 Å². The zero-order chi connectivity index (χ0) is 15.3. The molecule has 0 aliphatic carbocycles. The smallest absolute Gasteiger partial charge is 0.299 e. The molecule has 3 heterocycles. The van der Waals surface area contributed by atoms with E-state index >= 15 is 0 Å². The summed E-state index contributed by atoms with van der Waals surface area (Å²) in [5, 5.41) is 18.5. The summed E-state index contributed by atoms with van der Waals surface area (Å²) in [7, 11) is 1.16. The van der Waals surface area contributed by atoms with Crippen LogP contribution >= 0.6 is 0 Å². The van der Waals surface area contributed by atoms with Gasteiger partial charge in [-0.3, -0.25) is 19.6 Å². The second-order valence-corrected chi connectivity index (χ2v) is 4.95. The van der Waals surface area contributed by atoms with Gasteiger partial charge < -0.3 is 9.88 Å². The van der Waals surface area contributed by atoms with Gasteiger partial charge in [-0.1, -0.05) is 0 Å². The Kier molecular flexibility index (Phi) is 2.80. The Hall–Kier alpha value is -2.68. The van der Waals surface area contributed by atoms with E-state index in [0.29, 0.717) is 11.6 Å². The molecule has 2 amide bonds. The van der Waals surface area contributed by atoms with Crippen LogP contribution in [0.4, 0.5) is 0 Å². The molecule has 9 nitrogen and oxygen atoms in total. The number of aromatic amines is 1. The van der Waals surface area contributed by atoms with E-state index in [9.17, 15) is 19.6 Å². The van der Waals surface area contributed by atoms with Gasteiger partial charge in [-0.15, -0.1) is 0 Å². The quantitative estimate of drug-likeness (QED) is 0.483. The zero-order valence-corrected chi connectivity index (χ0v) is 11.4. The SMILES string of the molecule is CC1CNC(=O)c2cc3c(=O)[nH]nc(C(=O)N(C)O)c3n21. The largest absolute Gasteiger partial charge is 0.349 e. The molecule has 110 valence electrons. The average molecular weight is 291 g/mol. The minimum absolute atomic E-state index is 0.109. The Morgan fingerprint density at radius 3 is 2.90 bits per heavy atom. The Morgan fingerprint density at radius 2 is 2.24 bits per heavy atom. The standard InChI is InChI=1S/C12H13N5O4/c1-5-4-13-11(19)7-3-6-9(17(5)7)8(12(20)16(2)21)14-15-10(6)18/h3,5,21H,4H2,1-2H3,(H,13,19)(H,15,18). The molecular formula is C12H13N5O4. The number of carbonyl (C=O) groups is 2. The highest BCUT2D eigenvalue weighted by Gasteiger charge is 2.29. The summed E-state index contributed by atoms with van der Waals surface area (Å²) in [6, 6.07) is 1.28. The second-order valence-electron chi connectivity index (χ2n) is 4.95. The minimum Gasteiger partial charge on any atom is -0.349 e. The number of fused-ring (bicyclic) bond motifs is 3. The van der Waals surface area contributed by atoms with E-state index in [4.69, 9.17) is 0 Å². The third-order valence-corrected chi connectivity index (χ3v) is 3.50. The molecule has 1 aliphatic heterocycles. The van der Waals surface area contributed by atoms with Crippen LogP contribution in [0.25, 0.3) is 10.9 Å². The van der Waals surface area contributed by atoms with E-state index in [2.05, 4.69) is 15.5 Å². The number of nitrogens with one attached hydrogen (secondary N) is 2. The Morgan fingerprint density at radius 1 is 1.52 bits per heavy atom. The third kappa shape index (κ3) is 1.82. The van der Waals surface area contributed by atoms with Gasteiger partial charge in [0.2, 0.25) is 0 Å². The fraction of sp³-hybridized carbons (Fsp3) is 0.333. The highest BCUT2D eigenvalue weighted by molar-refractivity contribution is 6.07. The fourth-order valence-electron chi connectivity index (χ4n) is 2.52. The summed E-state index contributed by atoms with van der Waals surface area (Å²) in [5.41, 5.74) is -0.0645. The summed E-state index contributed by atoms with van der Waals surface area (Å²) in [5.74, 6) is -1.09. The minimum atomic E-state index is -0.768. The number of hydrogen-bond acceptors (Lipinski definition) is 5. The van der Waals surface area contributed by atoms with Crippen LogP contribution in [0.3, 0.4) is 0 Å². The van der Waals surface area contributed by atoms with Crippen molar-refractivity contribution >= 4 is 22.7 Å². The van der Waals surface area contributed by atoms with Crippen molar-refractivity contribution in [2.75, 3.05) is 13.6 Å². The molecule has 0 saturated carbocycles. The molecule has 0 saturated heterocycles. The Bertz CT molecular complexity index is 819. The van der Waals surface area contributed by atoms with Gasteiger partial charge in [-0.2, -0.15) is 5.10 Å². The van der Waals surface area contributed by atoms with E-state index in [1.54, 1.807) is 4.57 Å². The second kappa shape index (κ2) is 4.42. The molecule has 0 aromatic carbocycles. The first-order chi connectivity index (χ1) is 9.91. The molecule has 2 aromatic heterocycles. The number of amides is 2. The lowest BCUT2D eigenvalue weighted by atomic mass is 10.2. The predicted octanol–water partition coefficient (Wildman–Crippen LogP) is -0.510. The molecule has 1 unspecified atom stereocenters. The number of nitrogens with zero attached hydrogens (tertiary/aromatic N) is 3. The first-order valence-electron chi connectivity index (χ1n) is 6.30. The van der Waals surface area contributed by atoms with Gasteiger partial charge in [0.15, 0.2) is 5.69 Å². The van der Waals surface area contributed by atoms with Crippen LogP contribution in [0.15, 0.2) is 10.9 Å². The average Bonchev–Trinajstić information content (AvgIpc) is 2.85. The molecule has 0 spiro atoms. The van der Waals surface area contributed by atoms with Crippen molar-refractivity contribution in [2.45, 2.75) is 13.0 Å². The highest BCUT2D eigenvalue weighted by atomic mass is 16.5. The lowest BCUT2D eigenvalue weighted by Crippen LogP contribution is -2.38. The molecule has 21 heavy (non-hydrogen) atoms. The molecule has 3 N–H and O–H groups in total. The Balaban J connectivity index is 2.42. The molecule has 1 aliphatic rings. The summed E-state index contributed by atoms with van der Waals surface area (Å²) in [6.07, 6.45) is 0. The van der Waals surface area contributed by atoms with Crippen molar-refractivity contribution in [3.8, 4) is 0 Å². The number of aromatic nitrogens is 3. The maximum atomic E-state index is 12.0. The van der Waals surface area contributed by atoms with Crippen molar-refractivity contribution in [2.24, 2.45) is 0 Å². The first-order valence-corrected chi connectivity index (χ1v) is 6.30. The van der Waals surface area contributed by atoms with E-state index < -0.39 is 11.5 Å². The van der Waals surface area contributed by atoms with E-state index in [1.165, 1.54) is 6.07 Å². The van der Waals surface area contributed by atoms with Gasteiger partial charge in [-0.25, -0.2) is 10.2 Å². The molecule has 1 atom stereocenters. The van der Waals surface area contributed by atoms with Crippen molar-refractivity contribution < 1.29 is 14.8 Å². The fourth-order valence-corrected chi connectivity index (χ4v) is 2.52. The summed E-state index contributed by atoms with van der Waals surface area (Å²) in [4.78, 5) is 35.8. The maximum Gasteiger partial charge on any atom is 0.299 e. The number of hydroxylamine groups is 2. The van der Waals surface area contributed by atoms with Crippen LogP contribution in [0.2, 0.25) is 0 Å². The van der Waals surface area contributed by atoms with Crippen molar-refractivity contribution in [1.82, 2.24) is 25.1 Å². The lowest BCUT2D eigenvalue weighted by Gasteiger charge is -2.24. The molecule has 0 radical (unpaired) electrons. The maximum absolute atomic E-state index is 12.0. The van der Waals surface area contributed by atoms with E-state index in [1.807, 2.05) is 6.92 Å². The van der Waals surface area contributed by atoms with Crippen LogP contribution < -0.4 is 10.9 Å². The van der Waals surface area contributed by atoms with Gasteiger partial charge in [0, 0.05) is 19.6 Å². The normalized spacial score (nSPS) is 17.5. The predicted molar refractivity (Wildman–Crippen MR) is 71.3 cm³/mol. The molecular weight excluding hydrogens is 278 g/mol. The molecule has 3 rings (SSSR count). The van der Waals surface area contributed by atoms with Gasteiger partial charge in [0.25, 0.3) is 17.4 Å². The molecule has 0 bridgehead atoms. The number of carbonyl (C=O) groups excluding carboxylic acids is 2. The number of rotatable bonds is 1. The van der Waals surface area contributed by atoms with Crippen LogP contribution in [0.5, 0.6) is 0 Å². The topological polar surface area (TPSA) is 120 Å². The van der Waals surface area contributed by atoms with Crippen LogP contribution in [-0.2, 0) is 0 Å². The van der Waals surface area contributed by atoms with E-state index in [-0.39, 0.29) is 34.2 Å². The number of H-pyrrole nitrogens is 1. The highest BCUT2D eigenvalue weighted by Crippen LogP contribution is 2.26. The summed E-state index contributed by atoms with van der Waals surface area (Å²) >= 11 is 0. The molecule has 9 heteroatoms. The van der Waals surface area contributed by atoms with Crippen LogP contribution in [0.1, 0.15) is 33.9 Å². The zero-order valence-electron chi connectivity index (χ0n) is 11.4. The van der Waals surface area contributed by atoms with Crippen LogP contribution in [-0.4, -0.2) is 50.4 Å².